The maximum absolute atomic E-state index is 16.0. The van der Waals surface area contributed by atoms with Gasteiger partial charge in [-0.2, -0.15) is 29.0 Å². The summed E-state index contributed by atoms with van der Waals surface area (Å²) in [5.41, 5.74) is 33.3. The second-order valence-electron chi connectivity index (χ2n) is 30.0. The third-order valence-corrected chi connectivity index (χ3v) is 30.9. The summed E-state index contributed by atoms with van der Waals surface area (Å²) < 4.78 is 159. The molecule has 21 rings (SSSR count). The van der Waals surface area contributed by atoms with E-state index in [0.717, 1.165) is 14.0 Å². The number of hydrogen-bond acceptors (Lipinski definition) is 48. The van der Waals surface area contributed by atoms with E-state index < -0.39 is 206 Å². The van der Waals surface area contributed by atoms with Crippen LogP contribution in [0.2, 0.25) is 0 Å². The van der Waals surface area contributed by atoms with Crippen molar-refractivity contribution >= 4 is 213 Å². The maximum Gasteiger partial charge on any atom is 0.325 e. The summed E-state index contributed by atoms with van der Waals surface area (Å²) in [6.45, 7) is -27.2. The van der Waals surface area contributed by atoms with E-state index in [-0.39, 0.29) is 125 Å². The molecule has 132 heavy (non-hydrogen) atoms. The van der Waals surface area contributed by atoms with Crippen molar-refractivity contribution in [3.8, 4) is 0 Å². The Bertz CT molecular complexity index is 6380. The van der Waals surface area contributed by atoms with Crippen molar-refractivity contribution in [1.29, 1.82) is 0 Å². The van der Waals surface area contributed by atoms with Crippen molar-refractivity contribution < 1.29 is 125 Å². The standard InChI is InChI=1S/3C20H23FN10O9P2S2/c3*21-11-13-10(38-19(11)30-2-1-8-14(22)24-6-25-15(8)30)5-36-41(33,43)39-9-3-7(4-35-42(34,44)40-13)37-18(9)31-16-12(28-29-31)17(32)27-20(23)26-16/h3*1-2,6-7,9-11,13,18-19H,3-5H2,(H,33,43)(H,34,44)(H2,22,24,25)(H3,23,26,27,32)/t3*7-,9+,10+,11-,13+,18+,19+,41?,42?/m000/s1. The highest BCUT2D eigenvalue weighted by Crippen LogP contribution is 2.59. The monoisotopic (exact) mass is 2080 g/mol. The molecule has 57 nitrogen and oxygen atoms in total. The van der Waals surface area contributed by atoms with Gasteiger partial charge in [0.1, 0.15) is 108 Å². The van der Waals surface area contributed by atoms with Gasteiger partial charge < -0.3 is 147 Å². The van der Waals surface area contributed by atoms with E-state index >= 15 is 13.2 Å². The highest BCUT2D eigenvalue weighted by molar-refractivity contribution is 8.08. The van der Waals surface area contributed by atoms with E-state index in [4.69, 9.17) is 188 Å². The fraction of sp³-hybridized carbons (Fsp3) is 0.500. The third-order valence-electron chi connectivity index (χ3n) is 21.5. The minimum Gasteiger partial charge on any atom is -0.383 e. The number of ether oxygens (including phenoxy) is 6. The van der Waals surface area contributed by atoms with Crippen molar-refractivity contribution in [2.75, 3.05) is 74.0 Å². The third kappa shape index (κ3) is 18.7. The summed E-state index contributed by atoms with van der Waals surface area (Å²) in [5, 5.41) is 24.8. The summed E-state index contributed by atoms with van der Waals surface area (Å²) in [7, 11) is 0. The van der Waals surface area contributed by atoms with Crippen LogP contribution in [-0.2, 0) is 154 Å². The van der Waals surface area contributed by atoms with Crippen LogP contribution in [0.5, 0.6) is 0 Å². The predicted octanol–water partition coefficient (Wildman–Crippen LogP) is -0.307. The average molecular weight is 2080 g/mol. The van der Waals surface area contributed by atoms with Gasteiger partial charge in [0.25, 0.3) is 16.7 Å². The lowest BCUT2D eigenvalue weighted by molar-refractivity contribution is -0.0636. The second-order valence-corrected chi connectivity index (χ2v) is 46.8. The van der Waals surface area contributed by atoms with Gasteiger partial charge in [-0.05, 0) is 89.0 Å². The zero-order chi connectivity index (χ0) is 92.9. The molecule has 6 unspecified atom stereocenters. The molecule has 0 aromatic carbocycles. The van der Waals surface area contributed by atoms with Gasteiger partial charge in [0.15, 0.2) is 89.4 Å². The number of rotatable bonds is 6. The number of hydrogen-bond donors (Lipinski definition) is 15. The Morgan fingerprint density at radius 1 is 0.348 bits per heavy atom. The van der Waals surface area contributed by atoms with E-state index in [1.54, 1.807) is 18.2 Å². The van der Waals surface area contributed by atoms with Gasteiger partial charge in [-0.15, -0.1) is 15.3 Å². The first-order valence-corrected chi connectivity index (χ1v) is 54.0. The first-order chi connectivity index (χ1) is 62.7. The van der Waals surface area contributed by atoms with Crippen molar-refractivity contribution in [3.63, 3.8) is 0 Å². The molecule has 9 saturated heterocycles. The highest BCUT2D eigenvalue weighted by atomic mass is 32.5. The van der Waals surface area contributed by atoms with Gasteiger partial charge in [-0.25, -0.2) is 43.1 Å². The number of fused-ring (bicyclic) bond motifs is 15. The molecule has 0 radical (unpaired) electrons. The number of H-pyrrole nitrogens is 3. The Labute approximate surface area is 761 Å². The Balaban J connectivity index is 0.000000128. The first kappa shape index (κ1) is 93.3. The van der Waals surface area contributed by atoms with Gasteiger partial charge in [0, 0.05) is 37.9 Å². The second kappa shape index (κ2) is 36.0. The molecule has 0 saturated carbocycles. The molecule has 12 aromatic rings. The smallest absolute Gasteiger partial charge is 0.325 e. The van der Waals surface area contributed by atoms with Gasteiger partial charge in [0.2, 0.25) is 17.8 Å². The van der Waals surface area contributed by atoms with E-state index in [9.17, 15) is 43.7 Å². The molecule has 6 bridgehead atoms. The number of nitrogens with zero attached hydrogens (tertiary/aromatic N) is 21. The fourth-order valence-electron chi connectivity index (χ4n) is 15.8. The summed E-state index contributed by atoms with van der Waals surface area (Å²) in [6.07, 6.45) is -18.8. The molecule has 708 valence electrons. The number of nitrogens with two attached hydrogens (primary N) is 6. The van der Waals surface area contributed by atoms with Gasteiger partial charge in [0.05, 0.1) is 74.1 Å². The topological polar surface area (TPSA) is 765 Å². The van der Waals surface area contributed by atoms with Crippen molar-refractivity contribution in [3.05, 3.63) is 86.8 Å². The van der Waals surface area contributed by atoms with Crippen molar-refractivity contribution in [2.45, 2.75) is 148 Å². The molecule has 12 aromatic heterocycles. The summed E-state index contributed by atoms with van der Waals surface area (Å²) >= 11 is 31.4. The van der Waals surface area contributed by atoms with Crippen LogP contribution in [0.25, 0.3) is 66.6 Å². The lowest BCUT2D eigenvalue weighted by atomic mass is 10.1. The van der Waals surface area contributed by atoms with Crippen LogP contribution in [0.4, 0.5) is 48.5 Å². The van der Waals surface area contributed by atoms with Crippen LogP contribution in [0.3, 0.4) is 0 Å². The molecular formula is C60H69F3N30O27P6S6. The zero-order valence-corrected chi connectivity index (χ0v) is 76.3. The lowest BCUT2D eigenvalue weighted by Gasteiger charge is -2.27. The van der Waals surface area contributed by atoms with E-state index in [1.807, 2.05) is 0 Å². The molecular weight excluding hydrogens is 2010 g/mol. The van der Waals surface area contributed by atoms with Gasteiger partial charge in [-0.3, -0.25) is 42.9 Å². The molecule has 21 heterocycles. The Morgan fingerprint density at radius 2 is 0.606 bits per heavy atom. The van der Waals surface area contributed by atoms with Crippen LogP contribution in [-0.4, -0.2) is 279 Å². The van der Waals surface area contributed by atoms with Crippen LogP contribution >= 0.6 is 40.3 Å². The number of alkyl halides is 3. The molecule has 9 aliphatic rings. The quantitative estimate of drug-likeness (QED) is 0.0950. The van der Waals surface area contributed by atoms with Crippen LogP contribution in [0, 0.1) is 0 Å². The minimum absolute atomic E-state index is 0.0258. The highest BCUT2D eigenvalue weighted by Gasteiger charge is 2.56. The molecule has 0 amide bonds. The summed E-state index contributed by atoms with van der Waals surface area (Å²) in [4.78, 5) is 146. The number of nitrogen functional groups attached to an aromatic ring is 6. The summed E-state index contributed by atoms with van der Waals surface area (Å²) in [5.74, 6) is -0.0460. The number of halogens is 3. The van der Waals surface area contributed by atoms with E-state index in [1.165, 1.54) is 51.3 Å². The fourth-order valence-corrected chi connectivity index (χ4v) is 24.5. The Morgan fingerprint density at radius 3 is 0.879 bits per heavy atom. The molecule has 21 N–H and O–H groups in total. The molecule has 72 heteroatoms. The largest absolute Gasteiger partial charge is 0.383 e. The molecule has 9 aliphatic heterocycles. The molecule has 27 atom stereocenters. The SMILES string of the molecule is Nc1nc2c(nnn2[C@@H]2O[C@@H]3COP(O)(=S)O[C@H]4[C@H](F)[C@H](n5ccc6c(N)ncnc65)O[C@@H]4COP(O)(=S)O[C@@H]2C3)c(=O)[nH]1.Nc1nc2c(nnn2[C@@H]2O[C@@H]3COP(O)(=S)O[C@H]4[C@H](F)[C@H](n5ccc6c(N)ncnc65)O[C@@H]4COP(O)(=S)O[C@@H]2C3)c(=O)[nH]1.Nc1nc2c(nnn2[C@@H]2O[C@@H]3COP(O)(=S)O[C@H]4[C@H](F)[C@H](n5ccc6c(N)ncnc65)O[C@@H]4COP(O)(=S)O[C@@H]2C3)c(=O)[nH]1. The number of aromatic nitrogens is 24. The number of nitrogens with one attached hydrogen (secondary N) is 3. The molecule has 9 fully saturated rings. The predicted molar refractivity (Wildman–Crippen MR) is 463 cm³/mol. The van der Waals surface area contributed by atoms with Crippen LogP contribution in [0.15, 0.2) is 70.2 Å². The Hall–Kier alpha value is -7.77. The van der Waals surface area contributed by atoms with E-state index in [2.05, 4.69) is 90.7 Å². The zero-order valence-electron chi connectivity index (χ0n) is 66.1. The minimum atomic E-state index is -4.12. The molecule has 0 aliphatic carbocycles. The number of anilines is 6. The lowest BCUT2D eigenvalue weighted by Crippen LogP contribution is -2.34. The maximum atomic E-state index is 16.0. The van der Waals surface area contributed by atoms with Crippen LogP contribution < -0.4 is 51.1 Å². The summed E-state index contributed by atoms with van der Waals surface area (Å²) in [6, 6.07) is 4.79. The van der Waals surface area contributed by atoms with Crippen LogP contribution in [0.1, 0.15) is 56.6 Å². The van der Waals surface area contributed by atoms with Crippen molar-refractivity contribution in [1.82, 2.24) is 118 Å². The average Bonchev–Trinajstić information content (AvgIpc) is 1.64. The Kier molecular flexibility index (Phi) is 25.4. The normalized spacial score (nSPS) is 36.6. The van der Waals surface area contributed by atoms with Gasteiger partial charge >= 0.3 is 40.3 Å². The number of aromatic amines is 3. The van der Waals surface area contributed by atoms with E-state index in [0.29, 0.717) is 16.2 Å². The van der Waals surface area contributed by atoms with Gasteiger partial charge in [-0.1, -0.05) is 15.6 Å². The molecule has 0 spiro atoms. The van der Waals surface area contributed by atoms with Crippen molar-refractivity contribution in [2.24, 2.45) is 0 Å². The first-order valence-electron chi connectivity index (χ1n) is 38.5.